The van der Waals surface area contributed by atoms with Crippen molar-refractivity contribution in [3.63, 3.8) is 0 Å². The standard InChI is InChI=1S/C15H26BrNO/c1-17(14-11-7-6-10-13(14)16)15(18)12-8-4-2-3-5-9-12/h12-14H,2-11H2,1H3. The number of alkyl halides is 1. The summed E-state index contributed by atoms with van der Waals surface area (Å²) in [6, 6.07) is 0.425. The van der Waals surface area contributed by atoms with E-state index in [1.54, 1.807) is 0 Å². The molecule has 2 aliphatic carbocycles. The predicted octanol–water partition coefficient (Wildman–Crippen LogP) is 4.12. The van der Waals surface area contributed by atoms with Gasteiger partial charge >= 0.3 is 0 Å². The molecule has 0 heterocycles. The van der Waals surface area contributed by atoms with Crippen LogP contribution in [0, 0.1) is 5.92 Å². The zero-order chi connectivity index (χ0) is 13.0. The largest absolute Gasteiger partial charge is 0.341 e. The molecule has 3 heteroatoms. The third-order valence-corrected chi connectivity index (χ3v) is 5.76. The molecule has 0 radical (unpaired) electrons. The van der Waals surface area contributed by atoms with E-state index in [0.29, 0.717) is 22.7 Å². The summed E-state index contributed by atoms with van der Waals surface area (Å²) in [6.45, 7) is 0. The molecule has 2 unspecified atom stereocenters. The molecule has 2 fully saturated rings. The maximum Gasteiger partial charge on any atom is 0.225 e. The van der Waals surface area contributed by atoms with Crippen molar-refractivity contribution in [1.82, 2.24) is 4.90 Å². The lowest BCUT2D eigenvalue weighted by Gasteiger charge is -2.37. The van der Waals surface area contributed by atoms with Crippen LogP contribution in [0.2, 0.25) is 0 Å². The Bertz CT molecular complexity index is 274. The molecule has 0 aromatic rings. The zero-order valence-corrected chi connectivity index (χ0v) is 13.1. The number of hydrogen-bond donors (Lipinski definition) is 0. The highest BCUT2D eigenvalue weighted by Crippen LogP contribution is 2.31. The summed E-state index contributed by atoms with van der Waals surface area (Å²) in [6.07, 6.45) is 12.3. The number of rotatable bonds is 2. The van der Waals surface area contributed by atoms with E-state index in [0.717, 1.165) is 12.8 Å². The quantitative estimate of drug-likeness (QED) is 0.554. The van der Waals surface area contributed by atoms with Crippen LogP contribution >= 0.6 is 15.9 Å². The van der Waals surface area contributed by atoms with Crippen molar-refractivity contribution >= 4 is 21.8 Å². The first-order chi connectivity index (χ1) is 8.70. The summed E-state index contributed by atoms with van der Waals surface area (Å²) in [5, 5.41) is 0. The van der Waals surface area contributed by atoms with Crippen LogP contribution in [0.1, 0.15) is 64.2 Å². The van der Waals surface area contributed by atoms with E-state index in [4.69, 9.17) is 0 Å². The summed E-state index contributed by atoms with van der Waals surface area (Å²) < 4.78 is 0. The molecule has 0 aromatic carbocycles. The normalized spacial score (nSPS) is 30.8. The molecule has 18 heavy (non-hydrogen) atoms. The highest BCUT2D eigenvalue weighted by Gasteiger charge is 2.32. The molecule has 0 saturated heterocycles. The average Bonchev–Trinajstić information content (AvgIpc) is 2.66. The molecule has 2 saturated carbocycles. The second-order valence-corrected chi connectivity index (χ2v) is 7.18. The lowest BCUT2D eigenvalue weighted by Crippen LogP contribution is -2.46. The number of carbonyl (C=O) groups excluding carboxylic acids is 1. The van der Waals surface area contributed by atoms with Crippen LogP contribution in [-0.4, -0.2) is 28.7 Å². The molecule has 0 N–H and O–H groups in total. The van der Waals surface area contributed by atoms with E-state index >= 15 is 0 Å². The van der Waals surface area contributed by atoms with Crippen LogP contribution in [0.5, 0.6) is 0 Å². The summed E-state index contributed by atoms with van der Waals surface area (Å²) in [4.78, 5) is 15.2. The van der Waals surface area contributed by atoms with E-state index in [1.165, 1.54) is 51.4 Å². The third kappa shape index (κ3) is 3.49. The summed E-state index contributed by atoms with van der Waals surface area (Å²) >= 11 is 3.77. The van der Waals surface area contributed by atoms with Crippen molar-refractivity contribution < 1.29 is 4.79 Å². The van der Waals surface area contributed by atoms with Crippen molar-refractivity contribution in [3.8, 4) is 0 Å². The summed E-state index contributed by atoms with van der Waals surface area (Å²) in [5.74, 6) is 0.715. The maximum atomic E-state index is 12.6. The van der Waals surface area contributed by atoms with Gasteiger partial charge < -0.3 is 4.90 Å². The van der Waals surface area contributed by atoms with Crippen molar-refractivity contribution in [2.45, 2.75) is 75.1 Å². The first-order valence-electron chi connectivity index (χ1n) is 7.61. The second-order valence-electron chi connectivity index (χ2n) is 6.01. The lowest BCUT2D eigenvalue weighted by molar-refractivity contribution is -0.137. The van der Waals surface area contributed by atoms with E-state index < -0.39 is 0 Å². The molecule has 0 bridgehead atoms. The summed E-state index contributed by atoms with van der Waals surface area (Å²) in [7, 11) is 2.03. The fraction of sp³-hybridized carbons (Fsp3) is 0.933. The molecule has 104 valence electrons. The van der Waals surface area contributed by atoms with E-state index in [2.05, 4.69) is 20.8 Å². The van der Waals surface area contributed by atoms with Gasteiger partial charge in [-0.25, -0.2) is 0 Å². The Kier molecular flexibility index (Phi) is 5.53. The molecule has 2 aliphatic rings. The van der Waals surface area contributed by atoms with Gasteiger partial charge in [-0.3, -0.25) is 4.79 Å². The van der Waals surface area contributed by atoms with Crippen molar-refractivity contribution in [3.05, 3.63) is 0 Å². The number of nitrogens with zero attached hydrogens (tertiary/aromatic N) is 1. The second kappa shape index (κ2) is 6.93. The average molecular weight is 316 g/mol. The minimum atomic E-state index is 0.305. The highest BCUT2D eigenvalue weighted by molar-refractivity contribution is 9.09. The van der Waals surface area contributed by atoms with Crippen LogP contribution in [0.3, 0.4) is 0 Å². The first kappa shape index (κ1) is 14.4. The van der Waals surface area contributed by atoms with Crippen LogP contribution < -0.4 is 0 Å². The third-order valence-electron chi connectivity index (χ3n) is 4.70. The number of amides is 1. The van der Waals surface area contributed by atoms with E-state index in [9.17, 15) is 4.79 Å². The van der Waals surface area contributed by atoms with Crippen LogP contribution in [-0.2, 0) is 4.79 Å². The SMILES string of the molecule is CN(C(=O)C1CCCCCC1)C1CCCCC1Br. The smallest absolute Gasteiger partial charge is 0.225 e. The Morgan fingerprint density at radius 1 is 0.944 bits per heavy atom. The lowest BCUT2D eigenvalue weighted by atomic mass is 9.92. The fourth-order valence-electron chi connectivity index (χ4n) is 3.48. The molecular formula is C15H26BrNO. The Morgan fingerprint density at radius 2 is 1.50 bits per heavy atom. The van der Waals surface area contributed by atoms with Gasteiger partial charge in [-0.1, -0.05) is 54.5 Å². The maximum absolute atomic E-state index is 12.6. The van der Waals surface area contributed by atoms with Gasteiger partial charge in [0.15, 0.2) is 0 Å². The van der Waals surface area contributed by atoms with E-state index in [-0.39, 0.29) is 0 Å². The van der Waals surface area contributed by atoms with Gasteiger partial charge in [0, 0.05) is 23.8 Å². The first-order valence-corrected chi connectivity index (χ1v) is 8.52. The van der Waals surface area contributed by atoms with Crippen molar-refractivity contribution in [2.24, 2.45) is 5.92 Å². The van der Waals surface area contributed by atoms with E-state index in [1.807, 2.05) is 7.05 Å². The molecule has 1 amide bonds. The number of carbonyl (C=O) groups is 1. The predicted molar refractivity (Wildman–Crippen MR) is 78.9 cm³/mol. The Hall–Kier alpha value is -0.0500. The van der Waals surface area contributed by atoms with Crippen molar-refractivity contribution in [2.75, 3.05) is 7.05 Å². The van der Waals surface area contributed by atoms with Crippen molar-refractivity contribution in [1.29, 1.82) is 0 Å². The number of halogens is 1. The van der Waals surface area contributed by atoms with Crippen LogP contribution in [0.25, 0.3) is 0 Å². The Balaban J connectivity index is 1.93. The monoisotopic (exact) mass is 315 g/mol. The minimum absolute atomic E-state index is 0.305. The molecule has 0 aliphatic heterocycles. The zero-order valence-electron chi connectivity index (χ0n) is 11.5. The Morgan fingerprint density at radius 3 is 2.11 bits per heavy atom. The minimum Gasteiger partial charge on any atom is -0.341 e. The van der Waals surface area contributed by atoms with Gasteiger partial charge in [0.2, 0.25) is 5.91 Å². The van der Waals surface area contributed by atoms with Gasteiger partial charge in [-0.05, 0) is 25.7 Å². The van der Waals surface area contributed by atoms with Gasteiger partial charge in [0.1, 0.15) is 0 Å². The Labute approximate surface area is 120 Å². The van der Waals surface area contributed by atoms with Crippen LogP contribution in [0.4, 0.5) is 0 Å². The molecule has 0 aromatic heterocycles. The molecule has 0 spiro atoms. The van der Waals surface area contributed by atoms with Gasteiger partial charge in [0.05, 0.1) is 0 Å². The molecular weight excluding hydrogens is 290 g/mol. The van der Waals surface area contributed by atoms with Gasteiger partial charge in [0.25, 0.3) is 0 Å². The number of hydrogen-bond acceptors (Lipinski definition) is 1. The van der Waals surface area contributed by atoms with Gasteiger partial charge in [-0.15, -0.1) is 0 Å². The molecule has 2 rings (SSSR count). The topological polar surface area (TPSA) is 20.3 Å². The summed E-state index contributed by atoms with van der Waals surface area (Å²) in [5.41, 5.74) is 0. The highest BCUT2D eigenvalue weighted by atomic mass is 79.9. The van der Waals surface area contributed by atoms with Crippen LogP contribution in [0.15, 0.2) is 0 Å². The van der Waals surface area contributed by atoms with Gasteiger partial charge in [-0.2, -0.15) is 0 Å². The molecule has 2 atom stereocenters. The fourth-order valence-corrected chi connectivity index (χ4v) is 4.42. The molecule has 2 nitrogen and oxygen atoms in total.